The van der Waals surface area contributed by atoms with Gasteiger partial charge in [-0.1, -0.05) is 42.5 Å². The monoisotopic (exact) mass is 333 g/mol. The van der Waals surface area contributed by atoms with Crippen molar-refractivity contribution in [3.8, 4) is 0 Å². The number of aromatic nitrogens is 1. The first kappa shape index (κ1) is 16.4. The van der Waals surface area contributed by atoms with Crippen molar-refractivity contribution in [1.29, 1.82) is 0 Å². The standard InChI is InChI=1S/C22H27N3/c1-23(2)21-12-13-24(17-21)15-18-7-9-19(10-8-18)16-25-14-11-20-5-3-4-6-22(20)25/h3-11,14,21H,12-13,15-17H2,1-2H3. The molecular weight excluding hydrogens is 306 g/mol. The first-order valence-electron chi connectivity index (χ1n) is 9.19. The number of fused-ring (bicyclic) bond motifs is 1. The van der Waals surface area contributed by atoms with Crippen LogP contribution in [-0.4, -0.2) is 47.6 Å². The van der Waals surface area contributed by atoms with Gasteiger partial charge in [-0.25, -0.2) is 0 Å². The zero-order valence-corrected chi connectivity index (χ0v) is 15.2. The van der Waals surface area contributed by atoms with Gasteiger partial charge in [0.2, 0.25) is 0 Å². The number of hydrogen-bond donors (Lipinski definition) is 0. The predicted octanol–water partition coefficient (Wildman–Crippen LogP) is 3.83. The summed E-state index contributed by atoms with van der Waals surface area (Å²) in [5, 5.41) is 1.31. The molecule has 0 radical (unpaired) electrons. The molecule has 4 rings (SSSR count). The first-order chi connectivity index (χ1) is 12.2. The molecule has 0 aliphatic carbocycles. The smallest absolute Gasteiger partial charge is 0.0483 e. The Kier molecular flexibility index (Phi) is 4.60. The summed E-state index contributed by atoms with van der Waals surface area (Å²) in [6.45, 7) is 4.39. The first-order valence-corrected chi connectivity index (χ1v) is 9.19. The third-order valence-electron chi connectivity index (χ3n) is 5.44. The van der Waals surface area contributed by atoms with E-state index in [0.717, 1.165) is 13.1 Å². The lowest BCUT2D eigenvalue weighted by atomic mass is 10.1. The van der Waals surface area contributed by atoms with Gasteiger partial charge in [0.05, 0.1) is 0 Å². The van der Waals surface area contributed by atoms with Gasteiger partial charge in [0, 0.05) is 43.9 Å². The van der Waals surface area contributed by atoms with Crippen molar-refractivity contribution in [2.24, 2.45) is 0 Å². The summed E-state index contributed by atoms with van der Waals surface area (Å²) in [5.41, 5.74) is 4.08. The molecule has 1 saturated heterocycles. The summed E-state index contributed by atoms with van der Waals surface area (Å²) in [5.74, 6) is 0. The van der Waals surface area contributed by atoms with E-state index in [1.54, 1.807) is 0 Å². The Labute approximate surface area is 150 Å². The molecule has 1 atom stereocenters. The van der Waals surface area contributed by atoms with Crippen LogP contribution in [0.15, 0.2) is 60.8 Å². The van der Waals surface area contributed by atoms with Crippen LogP contribution in [0, 0.1) is 0 Å². The minimum absolute atomic E-state index is 0.710. The van der Waals surface area contributed by atoms with Crippen LogP contribution >= 0.6 is 0 Å². The number of likely N-dealkylation sites (tertiary alicyclic amines) is 1. The molecule has 0 amide bonds. The third-order valence-corrected chi connectivity index (χ3v) is 5.44. The van der Waals surface area contributed by atoms with Crippen LogP contribution in [0.1, 0.15) is 17.5 Å². The number of nitrogens with zero attached hydrogens (tertiary/aromatic N) is 3. The van der Waals surface area contributed by atoms with E-state index in [1.807, 2.05) is 0 Å². The van der Waals surface area contributed by atoms with E-state index in [4.69, 9.17) is 0 Å². The highest BCUT2D eigenvalue weighted by Gasteiger charge is 2.23. The molecule has 0 bridgehead atoms. The Morgan fingerprint density at radius 1 is 0.920 bits per heavy atom. The molecule has 1 aliphatic rings. The minimum atomic E-state index is 0.710. The van der Waals surface area contributed by atoms with Crippen LogP contribution in [0.25, 0.3) is 10.9 Å². The fourth-order valence-electron chi connectivity index (χ4n) is 3.86. The molecule has 1 aliphatic heterocycles. The summed E-state index contributed by atoms with van der Waals surface area (Å²) >= 11 is 0. The number of likely N-dealkylation sites (N-methyl/N-ethyl adjacent to an activating group) is 1. The Morgan fingerprint density at radius 2 is 1.64 bits per heavy atom. The van der Waals surface area contributed by atoms with Crippen molar-refractivity contribution in [1.82, 2.24) is 14.4 Å². The van der Waals surface area contributed by atoms with Gasteiger partial charge in [0.15, 0.2) is 0 Å². The summed E-state index contributed by atoms with van der Waals surface area (Å²) in [6, 6.07) is 20.6. The highest BCUT2D eigenvalue weighted by Crippen LogP contribution is 2.19. The van der Waals surface area contributed by atoms with Crippen molar-refractivity contribution < 1.29 is 0 Å². The Balaban J connectivity index is 1.40. The van der Waals surface area contributed by atoms with E-state index in [-0.39, 0.29) is 0 Å². The molecule has 1 unspecified atom stereocenters. The van der Waals surface area contributed by atoms with Gasteiger partial charge >= 0.3 is 0 Å². The minimum Gasteiger partial charge on any atom is -0.343 e. The topological polar surface area (TPSA) is 11.4 Å². The molecule has 2 aromatic carbocycles. The Bertz CT molecular complexity index is 832. The fourth-order valence-corrected chi connectivity index (χ4v) is 3.86. The summed E-state index contributed by atoms with van der Waals surface area (Å²) < 4.78 is 2.33. The molecule has 1 fully saturated rings. The van der Waals surface area contributed by atoms with E-state index >= 15 is 0 Å². The average molecular weight is 333 g/mol. The molecule has 0 N–H and O–H groups in total. The Morgan fingerprint density at radius 3 is 2.36 bits per heavy atom. The lowest BCUT2D eigenvalue weighted by molar-refractivity contribution is 0.264. The molecule has 0 spiro atoms. The maximum absolute atomic E-state index is 2.57. The normalized spacial score (nSPS) is 18.4. The summed E-state index contributed by atoms with van der Waals surface area (Å²) in [6.07, 6.45) is 3.47. The van der Waals surface area contributed by atoms with E-state index in [9.17, 15) is 0 Å². The second-order valence-corrected chi connectivity index (χ2v) is 7.46. The zero-order chi connectivity index (χ0) is 17.2. The van der Waals surface area contributed by atoms with Crippen molar-refractivity contribution in [2.45, 2.75) is 25.6 Å². The van der Waals surface area contributed by atoms with Gasteiger partial charge in [-0.05, 0) is 49.2 Å². The lowest BCUT2D eigenvalue weighted by Gasteiger charge is -2.20. The summed E-state index contributed by atoms with van der Waals surface area (Å²) in [7, 11) is 4.38. The van der Waals surface area contributed by atoms with Crippen LogP contribution in [0.5, 0.6) is 0 Å². The van der Waals surface area contributed by atoms with Crippen molar-refractivity contribution in [3.05, 3.63) is 71.9 Å². The molecule has 25 heavy (non-hydrogen) atoms. The van der Waals surface area contributed by atoms with Gasteiger partial charge < -0.3 is 9.47 Å². The molecule has 0 saturated carbocycles. The molecule has 3 heteroatoms. The maximum atomic E-state index is 2.57. The SMILES string of the molecule is CN(C)C1CCN(Cc2ccc(Cn3ccc4ccccc43)cc2)C1. The van der Waals surface area contributed by atoms with E-state index in [2.05, 4.69) is 89.3 Å². The quantitative estimate of drug-likeness (QED) is 0.703. The van der Waals surface area contributed by atoms with Crippen LogP contribution in [0.2, 0.25) is 0 Å². The average Bonchev–Trinajstić information content (AvgIpc) is 3.24. The Hall–Kier alpha value is -2.10. The molecule has 1 aromatic heterocycles. The number of para-hydroxylation sites is 1. The van der Waals surface area contributed by atoms with Gasteiger partial charge in [0.25, 0.3) is 0 Å². The van der Waals surface area contributed by atoms with E-state index < -0.39 is 0 Å². The van der Waals surface area contributed by atoms with Crippen LogP contribution in [0.3, 0.4) is 0 Å². The largest absolute Gasteiger partial charge is 0.343 e. The van der Waals surface area contributed by atoms with Crippen LogP contribution in [-0.2, 0) is 13.1 Å². The van der Waals surface area contributed by atoms with E-state index in [0.29, 0.717) is 6.04 Å². The van der Waals surface area contributed by atoms with Crippen molar-refractivity contribution >= 4 is 10.9 Å². The van der Waals surface area contributed by atoms with Gasteiger partial charge in [-0.2, -0.15) is 0 Å². The highest BCUT2D eigenvalue weighted by molar-refractivity contribution is 5.80. The van der Waals surface area contributed by atoms with Crippen molar-refractivity contribution in [3.63, 3.8) is 0 Å². The number of rotatable bonds is 5. The molecule has 3 nitrogen and oxygen atoms in total. The van der Waals surface area contributed by atoms with Gasteiger partial charge in [0.1, 0.15) is 0 Å². The molecule has 2 heterocycles. The van der Waals surface area contributed by atoms with Crippen molar-refractivity contribution in [2.75, 3.05) is 27.2 Å². The zero-order valence-electron chi connectivity index (χ0n) is 15.2. The second kappa shape index (κ2) is 7.03. The number of hydrogen-bond acceptors (Lipinski definition) is 2. The molecular formula is C22H27N3. The molecule has 3 aromatic rings. The van der Waals surface area contributed by atoms with Gasteiger partial charge in [-0.15, -0.1) is 0 Å². The number of benzene rings is 2. The summed E-state index contributed by atoms with van der Waals surface area (Å²) in [4.78, 5) is 4.92. The third kappa shape index (κ3) is 3.63. The maximum Gasteiger partial charge on any atom is 0.0483 e. The predicted molar refractivity (Wildman–Crippen MR) is 105 cm³/mol. The van der Waals surface area contributed by atoms with Crippen LogP contribution < -0.4 is 0 Å². The second-order valence-electron chi connectivity index (χ2n) is 7.46. The lowest BCUT2D eigenvalue weighted by Crippen LogP contribution is -2.31. The van der Waals surface area contributed by atoms with E-state index in [1.165, 1.54) is 41.5 Å². The fraction of sp³-hybridized carbons (Fsp3) is 0.364. The molecule has 130 valence electrons. The van der Waals surface area contributed by atoms with Gasteiger partial charge in [-0.3, -0.25) is 4.90 Å². The highest BCUT2D eigenvalue weighted by atomic mass is 15.2. The van der Waals surface area contributed by atoms with Crippen LogP contribution in [0.4, 0.5) is 0 Å².